The lowest BCUT2D eigenvalue weighted by Crippen LogP contribution is -2.12. The second-order valence-electron chi connectivity index (χ2n) is 4.37. The standard InChI is InChI=1S/C13H14ClIN2O/c1-8(2)17-12(11(14)7-16-17)13(18)9-4-3-5-10(15)6-9/h3-8,13,18H,1-2H3. The Morgan fingerprint density at radius 1 is 1.39 bits per heavy atom. The van der Waals surface area contributed by atoms with Crippen LogP contribution in [0.5, 0.6) is 0 Å². The van der Waals surface area contributed by atoms with Gasteiger partial charge in [0, 0.05) is 9.61 Å². The van der Waals surface area contributed by atoms with Crippen molar-refractivity contribution >= 4 is 34.2 Å². The highest BCUT2D eigenvalue weighted by molar-refractivity contribution is 14.1. The van der Waals surface area contributed by atoms with Gasteiger partial charge in [-0.2, -0.15) is 5.10 Å². The van der Waals surface area contributed by atoms with Gasteiger partial charge in [-0.1, -0.05) is 23.7 Å². The fraction of sp³-hybridized carbons (Fsp3) is 0.308. The molecule has 0 aliphatic heterocycles. The van der Waals surface area contributed by atoms with Crippen LogP contribution in [0.1, 0.15) is 37.3 Å². The Hall–Kier alpha value is -0.590. The topological polar surface area (TPSA) is 38.0 Å². The first-order valence-corrected chi connectivity index (χ1v) is 7.12. The lowest BCUT2D eigenvalue weighted by Gasteiger charge is -2.17. The SMILES string of the molecule is CC(C)n1ncc(Cl)c1C(O)c1cccc(I)c1. The molecule has 96 valence electrons. The van der Waals surface area contributed by atoms with Gasteiger partial charge in [-0.3, -0.25) is 4.68 Å². The Balaban J connectivity index is 2.45. The van der Waals surface area contributed by atoms with Crippen LogP contribution in [0.15, 0.2) is 30.5 Å². The highest BCUT2D eigenvalue weighted by Crippen LogP contribution is 2.30. The summed E-state index contributed by atoms with van der Waals surface area (Å²) in [7, 11) is 0. The summed E-state index contributed by atoms with van der Waals surface area (Å²) >= 11 is 8.35. The summed E-state index contributed by atoms with van der Waals surface area (Å²) in [6.07, 6.45) is 0.825. The predicted molar refractivity (Wildman–Crippen MR) is 80.8 cm³/mol. The Labute approximate surface area is 125 Å². The first-order valence-electron chi connectivity index (χ1n) is 5.67. The molecule has 1 aromatic carbocycles. The zero-order valence-corrected chi connectivity index (χ0v) is 13.1. The third-order valence-corrected chi connectivity index (χ3v) is 3.66. The van der Waals surface area contributed by atoms with Crippen LogP contribution in [-0.4, -0.2) is 14.9 Å². The zero-order chi connectivity index (χ0) is 13.3. The van der Waals surface area contributed by atoms with E-state index in [0.717, 1.165) is 9.13 Å². The van der Waals surface area contributed by atoms with Crippen LogP contribution in [-0.2, 0) is 0 Å². The molecule has 0 spiro atoms. The van der Waals surface area contributed by atoms with Gasteiger partial charge in [-0.25, -0.2) is 0 Å². The number of hydrogen-bond donors (Lipinski definition) is 1. The van der Waals surface area contributed by atoms with Gasteiger partial charge in [0.15, 0.2) is 0 Å². The predicted octanol–water partition coefficient (Wildman–Crippen LogP) is 3.80. The first-order chi connectivity index (χ1) is 8.50. The quantitative estimate of drug-likeness (QED) is 0.827. The normalized spacial score (nSPS) is 13.0. The molecule has 2 rings (SSSR count). The Kier molecular flexibility index (Phi) is 4.29. The molecule has 0 aliphatic carbocycles. The molecule has 2 aromatic rings. The summed E-state index contributed by atoms with van der Waals surface area (Å²) in [4.78, 5) is 0. The molecule has 0 aliphatic rings. The number of hydrogen-bond acceptors (Lipinski definition) is 2. The van der Waals surface area contributed by atoms with Gasteiger partial charge < -0.3 is 5.11 Å². The minimum Gasteiger partial charge on any atom is -0.382 e. The maximum atomic E-state index is 10.5. The first kappa shape index (κ1) is 13.8. The molecule has 18 heavy (non-hydrogen) atoms. The average molecular weight is 377 g/mol. The Morgan fingerprint density at radius 2 is 2.11 bits per heavy atom. The monoisotopic (exact) mass is 376 g/mol. The van der Waals surface area contributed by atoms with E-state index in [4.69, 9.17) is 11.6 Å². The van der Waals surface area contributed by atoms with Crippen LogP contribution in [0.25, 0.3) is 0 Å². The summed E-state index contributed by atoms with van der Waals surface area (Å²) in [5.74, 6) is 0. The number of benzene rings is 1. The molecule has 0 fully saturated rings. The van der Waals surface area contributed by atoms with E-state index >= 15 is 0 Å². The summed E-state index contributed by atoms with van der Waals surface area (Å²) in [5, 5.41) is 15.2. The van der Waals surface area contributed by atoms with Gasteiger partial charge in [0.05, 0.1) is 16.9 Å². The molecule has 1 unspecified atom stereocenters. The molecule has 0 saturated heterocycles. The molecule has 0 radical (unpaired) electrons. The molecule has 1 atom stereocenters. The van der Waals surface area contributed by atoms with E-state index in [1.54, 1.807) is 10.9 Å². The van der Waals surface area contributed by atoms with Crippen molar-refractivity contribution in [3.63, 3.8) is 0 Å². The van der Waals surface area contributed by atoms with Crippen LogP contribution in [0.2, 0.25) is 5.02 Å². The number of rotatable bonds is 3. The molecule has 0 amide bonds. The number of aliphatic hydroxyl groups is 1. The Morgan fingerprint density at radius 3 is 2.72 bits per heavy atom. The van der Waals surface area contributed by atoms with Gasteiger partial charge >= 0.3 is 0 Å². The molecular formula is C13H14ClIN2O. The van der Waals surface area contributed by atoms with Crippen molar-refractivity contribution in [2.45, 2.75) is 26.0 Å². The van der Waals surface area contributed by atoms with Crippen molar-refractivity contribution < 1.29 is 5.11 Å². The fourth-order valence-corrected chi connectivity index (χ4v) is 2.65. The minimum atomic E-state index is -0.753. The maximum Gasteiger partial charge on any atom is 0.122 e. The molecule has 1 aromatic heterocycles. The molecular weight excluding hydrogens is 363 g/mol. The van der Waals surface area contributed by atoms with Crippen LogP contribution < -0.4 is 0 Å². The number of aliphatic hydroxyl groups excluding tert-OH is 1. The van der Waals surface area contributed by atoms with E-state index in [1.807, 2.05) is 38.1 Å². The summed E-state index contributed by atoms with van der Waals surface area (Å²) in [5.41, 5.74) is 1.47. The smallest absolute Gasteiger partial charge is 0.122 e. The van der Waals surface area contributed by atoms with Crippen molar-refractivity contribution in [1.29, 1.82) is 0 Å². The minimum absolute atomic E-state index is 0.157. The third-order valence-electron chi connectivity index (χ3n) is 2.70. The summed E-state index contributed by atoms with van der Waals surface area (Å²) in [6.45, 7) is 4.02. The highest BCUT2D eigenvalue weighted by atomic mass is 127. The van der Waals surface area contributed by atoms with Gasteiger partial charge in [0.1, 0.15) is 6.10 Å². The van der Waals surface area contributed by atoms with E-state index in [1.165, 1.54) is 0 Å². The number of nitrogens with zero attached hydrogens (tertiary/aromatic N) is 2. The van der Waals surface area contributed by atoms with Crippen molar-refractivity contribution in [3.05, 3.63) is 50.3 Å². The maximum absolute atomic E-state index is 10.5. The molecule has 3 nitrogen and oxygen atoms in total. The van der Waals surface area contributed by atoms with Gasteiger partial charge in [-0.15, -0.1) is 0 Å². The molecule has 0 bridgehead atoms. The van der Waals surface area contributed by atoms with Crippen LogP contribution >= 0.6 is 34.2 Å². The van der Waals surface area contributed by atoms with Crippen molar-refractivity contribution in [3.8, 4) is 0 Å². The zero-order valence-electron chi connectivity index (χ0n) is 10.1. The van der Waals surface area contributed by atoms with Crippen molar-refractivity contribution in [2.75, 3.05) is 0 Å². The van der Waals surface area contributed by atoms with Crippen LogP contribution in [0, 0.1) is 3.57 Å². The van der Waals surface area contributed by atoms with E-state index in [9.17, 15) is 5.11 Å². The largest absolute Gasteiger partial charge is 0.382 e. The second-order valence-corrected chi connectivity index (χ2v) is 6.03. The second kappa shape index (κ2) is 5.59. The lowest BCUT2D eigenvalue weighted by atomic mass is 10.1. The highest BCUT2D eigenvalue weighted by Gasteiger charge is 2.21. The van der Waals surface area contributed by atoms with E-state index in [2.05, 4.69) is 27.7 Å². The molecule has 1 N–H and O–H groups in total. The van der Waals surface area contributed by atoms with Crippen LogP contribution in [0.3, 0.4) is 0 Å². The van der Waals surface area contributed by atoms with Crippen molar-refractivity contribution in [2.24, 2.45) is 0 Å². The third kappa shape index (κ3) is 2.70. The average Bonchev–Trinajstić information content (AvgIpc) is 2.70. The number of aromatic nitrogens is 2. The van der Waals surface area contributed by atoms with Crippen molar-refractivity contribution in [1.82, 2.24) is 9.78 Å². The summed E-state index contributed by atoms with van der Waals surface area (Å²) in [6, 6.07) is 7.90. The van der Waals surface area contributed by atoms with Gasteiger partial charge in [-0.05, 0) is 54.1 Å². The molecule has 5 heteroatoms. The fourth-order valence-electron chi connectivity index (χ4n) is 1.85. The Bertz CT molecular complexity index is 554. The van der Waals surface area contributed by atoms with E-state index < -0.39 is 6.10 Å². The lowest BCUT2D eigenvalue weighted by molar-refractivity contribution is 0.205. The summed E-state index contributed by atoms with van der Waals surface area (Å²) < 4.78 is 2.84. The number of halogens is 2. The molecule has 0 saturated carbocycles. The van der Waals surface area contributed by atoms with E-state index in [0.29, 0.717) is 10.7 Å². The van der Waals surface area contributed by atoms with E-state index in [-0.39, 0.29) is 6.04 Å². The molecule has 1 heterocycles. The van der Waals surface area contributed by atoms with Gasteiger partial charge in [0.2, 0.25) is 0 Å². The van der Waals surface area contributed by atoms with Crippen LogP contribution in [0.4, 0.5) is 0 Å². The van der Waals surface area contributed by atoms with Gasteiger partial charge in [0.25, 0.3) is 0 Å².